The van der Waals surface area contributed by atoms with E-state index in [4.69, 9.17) is 5.02 Å². The van der Waals surface area contributed by atoms with Gasteiger partial charge in [-0.1, -0.05) is 0 Å². The summed E-state index contributed by atoms with van der Waals surface area (Å²) in [5.74, 6) is -7.77. The molecule has 0 saturated heterocycles. The average Bonchev–Trinajstić information content (AvgIpc) is 2.09. The summed E-state index contributed by atoms with van der Waals surface area (Å²) in [5, 5.41) is 8.15. The molecule has 2 nitrogen and oxygen atoms in total. The maximum atomic E-state index is 12.6. The van der Waals surface area contributed by atoms with Gasteiger partial charge in [0, 0.05) is 6.07 Å². The van der Waals surface area contributed by atoms with E-state index in [2.05, 4.69) is 4.65 Å². The molecule has 7 heteroatoms. The van der Waals surface area contributed by atoms with Crippen molar-refractivity contribution in [2.24, 2.45) is 0 Å². The fraction of sp³-hybridized carbons (Fsp3) is 0. The Morgan fingerprint density at radius 3 is 1.92 bits per heavy atom. The molecule has 0 unspecified atom stereocenters. The van der Waals surface area contributed by atoms with E-state index in [-0.39, 0.29) is 6.07 Å². The second kappa shape index (κ2) is 3.65. The van der Waals surface area contributed by atoms with Crippen LogP contribution in [0.5, 0.6) is 5.75 Å². The smallest absolute Gasteiger partial charge is 0.504 e. The van der Waals surface area contributed by atoms with E-state index in [9.17, 15) is 17.6 Å². The largest absolute Gasteiger partial charge is 0.535 e. The quantitative estimate of drug-likeness (QED) is 0.430. The van der Waals surface area contributed by atoms with E-state index >= 15 is 0 Å². The molecule has 0 saturated carbocycles. The summed E-state index contributed by atoms with van der Waals surface area (Å²) in [7, 11) is -1.07. The van der Waals surface area contributed by atoms with Crippen molar-refractivity contribution in [3.8, 4) is 5.75 Å². The van der Waals surface area contributed by atoms with Gasteiger partial charge in [0.15, 0.2) is 17.4 Å². The van der Waals surface area contributed by atoms with Crippen molar-refractivity contribution in [1.29, 1.82) is 0 Å². The standard InChI is InChI=1S/C6H3BF4O2/c8-2-1-3(9)5(11)6(4(2)10)13-7-12/h1,7,12H. The lowest BCUT2D eigenvalue weighted by atomic mass is 10.2. The molecule has 0 spiro atoms. The van der Waals surface area contributed by atoms with Gasteiger partial charge in [0.25, 0.3) is 0 Å². The highest BCUT2D eigenvalue weighted by Crippen LogP contribution is 2.25. The molecular formula is C6H3BF4O2. The molecule has 0 amide bonds. The van der Waals surface area contributed by atoms with Gasteiger partial charge in [-0.25, -0.2) is 8.78 Å². The first-order valence-electron chi connectivity index (χ1n) is 3.14. The SMILES string of the molecule is OBOc1c(F)c(F)cc(F)c1F. The highest BCUT2D eigenvalue weighted by Gasteiger charge is 2.19. The monoisotopic (exact) mass is 194 g/mol. The van der Waals surface area contributed by atoms with Crippen molar-refractivity contribution in [1.82, 2.24) is 0 Å². The van der Waals surface area contributed by atoms with Crippen LogP contribution in [0.15, 0.2) is 6.07 Å². The Bertz CT molecular complexity index is 305. The Morgan fingerprint density at radius 2 is 1.54 bits per heavy atom. The second-order valence-electron chi connectivity index (χ2n) is 2.07. The zero-order valence-corrected chi connectivity index (χ0v) is 6.15. The zero-order valence-electron chi connectivity index (χ0n) is 6.15. The third-order valence-electron chi connectivity index (χ3n) is 1.28. The molecule has 0 aliphatic carbocycles. The fourth-order valence-corrected chi connectivity index (χ4v) is 0.743. The topological polar surface area (TPSA) is 29.5 Å². The number of benzene rings is 1. The van der Waals surface area contributed by atoms with Crippen LogP contribution >= 0.6 is 0 Å². The minimum Gasteiger partial charge on any atom is -0.535 e. The molecule has 70 valence electrons. The first-order valence-corrected chi connectivity index (χ1v) is 3.14. The van der Waals surface area contributed by atoms with Crippen LogP contribution in [-0.4, -0.2) is 12.7 Å². The van der Waals surface area contributed by atoms with Crippen molar-refractivity contribution in [3.63, 3.8) is 0 Å². The van der Waals surface area contributed by atoms with Crippen LogP contribution in [0.1, 0.15) is 0 Å². The molecule has 0 aliphatic rings. The Kier molecular flexibility index (Phi) is 2.77. The molecule has 0 fully saturated rings. The first-order chi connectivity index (χ1) is 6.07. The molecule has 1 rings (SSSR count). The van der Waals surface area contributed by atoms with Gasteiger partial charge in [-0.05, 0) is 0 Å². The van der Waals surface area contributed by atoms with E-state index in [0.29, 0.717) is 0 Å². The number of halogens is 4. The molecule has 0 aromatic heterocycles. The minimum absolute atomic E-state index is 0.0505. The van der Waals surface area contributed by atoms with Crippen LogP contribution in [-0.2, 0) is 0 Å². The lowest BCUT2D eigenvalue weighted by Gasteiger charge is -2.05. The van der Waals surface area contributed by atoms with Crippen LogP contribution in [0, 0.1) is 23.3 Å². The Hall–Kier alpha value is -1.24. The third kappa shape index (κ3) is 1.75. The molecule has 0 bridgehead atoms. The van der Waals surface area contributed by atoms with Gasteiger partial charge in [-0.15, -0.1) is 0 Å². The van der Waals surface area contributed by atoms with Gasteiger partial charge in [-0.2, -0.15) is 8.78 Å². The lowest BCUT2D eigenvalue weighted by molar-refractivity contribution is 0.372. The molecule has 13 heavy (non-hydrogen) atoms. The van der Waals surface area contributed by atoms with Gasteiger partial charge < -0.3 is 9.68 Å². The summed E-state index contributed by atoms with van der Waals surface area (Å²) in [6.07, 6.45) is 0. The van der Waals surface area contributed by atoms with E-state index in [1.807, 2.05) is 0 Å². The Balaban J connectivity index is 3.28. The maximum absolute atomic E-state index is 12.6. The van der Waals surface area contributed by atoms with E-state index in [1.165, 1.54) is 0 Å². The zero-order chi connectivity index (χ0) is 10.0. The maximum Gasteiger partial charge on any atom is 0.504 e. The molecule has 0 atom stereocenters. The summed E-state index contributed by atoms with van der Waals surface area (Å²) in [6, 6.07) is 0.0505. The van der Waals surface area contributed by atoms with Crippen LogP contribution in [0.2, 0.25) is 0 Å². The van der Waals surface area contributed by atoms with Gasteiger partial charge in [0.2, 0.25) is 11.6 Å². The number of hydrogen-bond acceptors (Lipinski definition) is 2. The van der Waals surface area contributed by atoms with E-state index in [0.717, 1.165) is 0 Å². The number of hydrogen-bond donors (Lipinski definition) is 1. The highest BCUT2D eigenvalue weighted by atomic mass is 19.2. The predicted octanol–water partition coefficient (Wildman–Crippen LogP) is 0.881. The molecule has 1 aromatic rings. The summed E-state index contributed by atoms with van der Waals surface area (Å²) in [4.78, 5) is 0. The summed E-state index contributed by atoms with van der Waals surface area (Å²) in [5.41, 5.74) is 0. The summed E-state index contributed by atoms with van der Waals surface area (Å²) in [6.45, 7) is 0. The molecule has 1 N–H and O–H groups in total. The van der Waals surface area contributed by atoms with Gasteiger partial charge in [0.05, 0.1) is 0 Å². The van der Waals surface area contributed by atoms with Crippen molar-refractivity contribution in [3.05, 3.63) is 29.3 Å². The van der Waals surface area contributed by atoms with Crippen molar-refractivity contribution in [2.45, 2.75) is 0 Å². The van der Waals surface area contributed by atoms with Gasteiger partial charge in [-0.3, -0.25) is 0 Å². The van der Waals surface area contributed by atoms with E-state index < -0.39 is 36.7 Å². The van der Waals surface area contributed by atoms with Gasteiger partial charge >= 0.3 is 7.69 Å². The highest BCUT2D eigenvalue weighted by molar-refractivity contribution is 6.17. The van der Waals surface area contributed by atoms with Crippen LogP contribution < -0.4 is 4.65 Å². The molecule has 0 aliphatic heterocycles. The molecule has 0 radical (unpaired) electrons. The summed E-state index contributed by atoms with van der Waals surface area (Å²) >= 11 is 0. The van der Waals surface area contributed by atoms with Crippen molar-refractivity contribution in [2.75, 3.05) is 0 Å². The Labute approximate surface area is 71.1 Å². The van der Waals surface area contributed by atoms with Crippen molar-refractivity contribution < 1.29 is 27.2 Å². The fourth-order valence-electron chi connectivity index (χ4n) is 0.743. The van der Waals surface area contributed by atoms with Crippen LogP contribution in [0.4, 0.5) is 17.6 Å². The number of rotatable bonds is 2. The molecular weight excluding hydrogens is 191 g/mol. The van der Waals surface area contributed by atoms with E-state index in [1.54, 1.807) is 0 Å². The predicted molar refractivity (Wildman–Crippen MR) is 36.3 cm³/mol. The van der Waals surface area contributed by atoms with Crippen LogP contribution in [0.25, 0.3) is 0 Å². The first kappa shape index (κ1) is 9.85. The second-order valence-corrected chi connectivity index (χ2v) is 2.07. The average molecular weight is 194 g/mol. The summed E-state index contributed by atoms with van der Waals surface area (Å²) < 4.78 is 54.0. The van der Waals surface area contributed by atoms with Gasteiger partial charge in [0.1, 0.15) is 0 Å². The molecule has 1 aromatic carbocycles. The molecule has 0 heterocycles. The van der Waals surface area contributed by atoms with Crippen molar-refractivity contribution >= 4 is 7.69 Å². The lowest BCUT2D eigenvalue weighted by Crippen LogP contribution is -2.06. The van der Waals surface area contributed by atoms with Crippen LogP contribution in [0.3, 0.4) is 0 Å². The third-order valence-corrected chi connectivity index (χ3v) is 1.28. The normalized spacial score (nSPS) is 9.92. The minimum atomic E-state index is -1.67. The Morgan fingerprint density at radius 1 is 1.08 bits per heavy atom.